The third-order valence-corrected chi connectivity index (χ3v) is 5.32. The van der Waals surface area contributed by atoms with Gasteiger partial charge in [0.05, 0.1) is 0 Å². The maximum absolute atomic E-state index is 12.4. The number of esters is 4. The highest BCUT2D eigenvalue weighted by atomic mass is 16.6. The van der Waals surface area contributed by atoms with Gasteiger partial charge < -0.3 is 24.7 Å². The van der Waals surface area contributed by atoms with Crippen LogP contribution in [0.4, 0.5) is 0 Å². The molecule has 0 spiro atoms. The monoisotopic (exact) mass is 521 g/mol. The smallest absolute Gasteiger partial charge is 0.323 e. The molecule has 9 heteroatoms. The minimum absolute atomic E-state index is 0.0509. The predicted molar refractivity (Wildman–Crippen MR) is 139 cm³/mol. The van der Waals surface area contributed by atoms with E-state index >= 15 is 0 Å². The Morgan fingerprint density at radius 2 is 1.38 bits per heavy atom. The first-order valence-corrected chi connectivity index (χ1v) is 13.1. The van der Waals surface area contributed by atoms with Gasteiger partial charge in [0.2, 0.25) is 0 Å². The van der Waals surface area contributed by atoms with E-state index < -0.39 is 30.1 Å². The molecule has 0 heterocycles. The standard InChI is InChI=1S/C28H43NO8/c1-7-8-25(30)34-17-20(6)35-28(33)22(29)15-21-11-12-23(36-26(31)13-9-18(2)3)24(16-21)37-27(32)14-10-19(4)5/h11-12,16,18-20,22H,7-10,13-15,17,29H2,1-6H3/t20-,22-/m0/s1. The zero-order valence-corrected chi connectivity index (χ0v) is 23.0. The molecule has 0 saturated carbocycles. The van der Waals surface area contributed by atoms with Gasteiger partial charge in [-0.1, -0.05) is 40.7 Å². The van der Waals surface area contributed by atoms with E-state index in [4.69, 9.17) is 24.7 Å². The molecule has 0 bridgehead atoms. The van der Waals surface area contributed by atoms with Crippen molar-refractivity contribution in [2.75, 3.05) is 6.61 Å². The van der Waals surface area contributed by atoms with Gasteiger partial charge in [-0.25, -0.2) is 0 Å². The van der Waals surface area contributed by atoms with Gasteiger partial charge in [-0.15, -0.1) is 0 Å². The molecule has 0 radical (unpaired) electrons. The Hall–Kier alpha value is -2.94. The lowest BCUT2D eigenvalue weighted by Gasteiger charge is -2.18. The summed E-state index contributed by atoms with van der Waals surface area (Å²) in [5, 5.41) is 0. The molecule has 37 heavy (non-hydrogen) atoms. The predicted octanol–water partition coefficient (Wildman–Crippen LogP) is 4.51. The number of nitrogens with two attached hydrogens (primary N) is 1. The summed E-state index contributed by atoms with van der Waals surface area (Å²) in [7, 11) is 0. The van der Waals surface area contributed by atoms with Crippen LogP contribution in [0.5, 0.6) is 11.5 Å². The second-order valence-corrected chi connectivity index (χ2v) is 10.1. The quantitative estimate of drug-likeness (QED) is 0.246. The number of hydrogen-bond acceptors (Lipinski definition) is 9. The summed E-state index contributed by atoms with van der Waals surface area (Å²) in [5.41, 5.74) is 6.64. The van der Waals surface area contributed by atoms with Crippen molar-refractivity contribution in [3.05, 3.63) is 23.8 Å². The van der Waals surface area contributed by atoms with Gasteiger partial charge in [0.1, 0.15) is 18.8 Å². The van der Waals surface area contributed by atoms with Crippen molar-refractivity contribution in [2.45, 2.75) is 98.6 Å². The lowest BCUT2D eigenvalue weighted by atomic mass is 10.1. The number of hydrogen-bond donors (Lipinski definition) is 1. The van der Waals surface area contributed by atoms with Gasteiger partial charge in [0.15, 0.2) is 11.5 Å². The van der Waals surface area contributed by atoms with Crippen LogP contribution in [-0.2, 0) is 35.1 Å². The van der Waals surface area contributed by atoms with Gasteiger partial charge >= 0.3 is 23.9 Å². The fraction of sp³-hybridized carbons (Fsp3) is 0.643. The summed E-state index contributed by atoms with van der Waals surface area (Å²) >= 11 is 0. The van der Waals surface area contributed by atoms with Crippen LogP contribution in [0.2, 0.25) is 0 Å². The normalized spacial score (nSPS) is 12.7. The molecule has 9 nitrogen and oxygen atoms in total. The molecule has 1 aromatic rings. The first-order valence-electron chi connectivity index (χ1n) is 13.1. The minimum atomic E-state index is -1.00. The first-order chi connectivity index (χ1) is 17.4. The zero-order valence-electron chi connectivity index (χ0n) is 23.0. The van der Waals surface area contributed by atoms with Crippen molar-refractivity contribution in [2.24, 2.45) is 17.6 Å². The average Bonchev–Trinajstić information content (AvgIpc) is 2.81. The number of ether oxygens (including phenoxy) is 4. The van der Waals surface area contributed by atoms with E-state index in [1.807, 2.05) is 34.6 Å². The first kappa shape index (κ1) is 32.1. The molecule has 0 fully saturated rings. The van der Waals surface area contributed by atoms with Crippen molar-refractivity contribution >= 4 is 23.9 Å². The van der Waals surface area contributed by atoms with E-state index in [1.54, 1.807) is 19.1 Å². The van der Waals surface area contributed by atoms with Crippen LogP contribution in [0.25, 0.3) is 0 Å². The molecule has 0 saturated heterocycles. The molecule has 1 aromatic carbocycles. The highest BCUT2D eigenvalue weighted by Gasteiger charge is 2.21. The van der Waals surface area contributed by atoms with E-state index in [2.05, 4.69) is 0 Å². The van der Waals surface area contributed by atoms with E-state index in [9.17, 15) is 19.2 Å². The van der Waals surface area contributed by atoms with Crippen LogP contribution >= 0.6 is 0 Å². The molecule has 2 N–H and O–H groups in total. The van der Waals surface area contributed by atoms with Crippen LogP contribution in [-0.4, -0.2) is 42.6 Å². The van der Waals surface area contributed by atoms with Crippen molar-refractivity contribution in [3.63, 3.8) is 0 Å². The van der Waals surface area contributed by atoms with Crippen LogP contribution in [0.15, 0.2) is 18.2 Å². The van der Waals surface area contributed by atoms with Crippen LogP contribution in [0.3, 0.4) is 0 Å². The van der Waals surface area contributed by atoms with Crippen molar-refractivity contribution in [3.8, 4) is 11.5 Å². The Bertz CT molecular complexity index is 896. The lowest BCUT2D eigenvalue weighted by molar-refractivity contribution is -0.159. The summed E-state index contributed by atoms with van der Waals surface area (Å²) in [6, 6.07) is 3.72. The van der Waals surface area contributed by atoms with Crippen molar-refractivity contribution < 1.29 is 38.1 Å². The molecule has 0 aromatic heterocycles. The van der Waals surface area contributed by atoms with Crippen LogP contribution in [0, 0.1) is 11.8 Å². The largest absolute Gasteiger partial charge is 0.462 e. The molecular formula is C28H43NO8. The van der Waals surface area contributed by atoms with E-state index in [1.165, 1.54) is 6.07 Å². The fourth-order valence-corrected chi connectivity index (χ4v) is 3.15. The van der Waals surface area contributed by atoms with E-state index in [0.717, 1.165) is 0 Å². The average molecular weight is 522 g/mol. The molecule has 0 aliphatic heterocycles. The molecular weight excluding hydrogens is 478 g/mol. The summed E-state index contributed by atoms with van der Waals surface area (Å²) in [6.07, 6.45) is 2.20. The Balaban J connectivity index is 2.88. The van der Waals surface area contributed by atoms with Gasteiger partial charge in [-0.2, -0.15) is 0 Å². The molecule has 1 rings (SSSR count). The lowest BCUT2D eigenvalue weighted by Crippen LogP contribution is -2.37. The van der Waals surface area contributed by atoms with Gasteiger partial charge in [0, 0.05) is 19.3 Å². The topological polar surface area (TPSA) is 131 Å². The third kappa shape index (κ3) is 13.8. The second-order valence-electron chi connectivity index (χ2n) is 10.1. The fourth-order valence-electron chi connectivity index (χ4n) is 3.15. The van der Waals surface area contributed by atoms with Crippen LogP contribution < -0.4 is 15.2 Å². The number of rotatable bonds is 16. The summed E-state index contributed by atoms with van der Waals surface area (Å²) < 4.78 is 21.3. The highest BCUT2D eigenvalue weighted by molar-refractivity contribution is 5.77. The SMILES string of the molecule is CCCC(=O)OC[C@H](C)OC(=O)[C@@H](N)Cc1ccc(OC(=O)CCC(C)C)c(OC(=O)CCC(C)C)c1. The molecule has 0 aliphatic carbocycles. The molecule has 0 aliphatic rings. The van der Waals surface area contributed by atoms with Gasteiger partial charge in [-0.3, -0.25) is 19.2 Å². The maximum atomic E-state index is 12.4. The van der Waals surface area contributed by atoms with E-state index in [-0.39, 0.29) is 43.3 Å². The number of carbonyl (C=O) groups excluding carboxylic acids is 4. The third-order valence-electron chi connectivity index (χ3n) is 5.32. The Labute approximate surface area is 220 Å². The van der Waals surface area contributed by atoms with Crippen molar-refractivity contribution in [1.82, 2.24) is 0 Å². The molecule has 2 atom stereocenters. The molecule has 208 valence electrons. The Morgan fingerprint density at radius 1 is 0.811 bits per heavy atom. The molecule has 0 unspecified atom stereocenters. The zero-order chi connectivity index (χ0) is 28.0. The van der Waals surface area contributed by atoms with Crippen LogP contribution in [0.1, 0.15) is 85.6 Å². The summed E-state index contributed by atoms with van der Waals surface area (Å²) in [5.74, 6) is -0.969. The summed E-state index contributed by atoms with van der Waals surface area (Å²) in [6.45, 7) is 11.5. The Kier molecular flexibility index (Phi) is 14.5. The van der Waals surface area contributed by atoms with E-state index in [0.29, 0.717) is 43.1 Å². The van der Waals surface area contributed by atoms with Gasteiger partial charge in [0.25, 0.3) is 0 Å². The Morgan fingerprint density at radius 3 is 1.92 bits per heavy atom. The number of benzene rings is 1. The second kappa shape index (κ2) is 16.7. The summed E-state index contributed by atoms with van der Waals surface area (Å²) in [4.78, 5) is 48.6. The highest BCUT2D eigenvalue weighted by Crippen LogP contribution is 2.30. The maximum Gasteiger partial charge on any atom is 0.323 e. The number of carbonyl (C=O) groups is 4. The minimum Gasteiger partial charge on any atom is -0.462 e. The van der Waals surface area contributed by atoms with Gasteiger partial charge in [-0.05, 0) is 62.1 Å². The molecule has 0 amide bonds. The van der Waals surface area contributed by atoms with Crippen molar-refractivity contribution in [1.29, 1.82) is 0 Å².